The number of nitrogens with zero attached hydrogens (tertiary/aromatic N) is 4. The summed E-state index contributed by atoms with van der Waals surface area (Å²) in [6.45, 7) is 0. The monoisotopic (exact) mass is 388 g/mol. The minimum absolute atomic E-state index is 0.201. The molecule has 6 nitrogen and oxygen atoms in total. The quantitative estimate of drug-likeness (QED) is 0.561. The molecule has 3 aromatic heterocycles. The first-order chi connectivity index (χ1) is 14.0. The molecule has 0 aliphatic heterocycles. The van der Waals surface area contributed by atoms with Gasteiger partial charge < -0.3 is 9.67 Å². The highest BCUT2D eigenvalue weighted by molar-refractivity contribution is 6.08. The standard InChI is InChI=1S/C23H24N4O2/c1-26-13-20(14-3-5-15(6-4-14)23(28)29)21-19-9-16(18-11-25-27(2)12-18)7-8-17(19)10-24-22(21)26/h7-15H,3-6H2,1-2H3,(H,28,29). The fourth-order valence-corrected chi connectivity index (χ4v) is 4.80. The van der Waals surface area contributed by atoms with Gasteiger partial charge in [0.15, 0.2) is 0 Å². The van der Waals surface area contributed by atoms with Crippen LogP contribution in [0.1, 0.15) is 37.2 Å². The summed E-state index contributed by atoms with van der Waals surface area (Å²) in [6, 6.07) is 6.48. The molecule has 1 aromatic carbocycles. The van der Waals surface area contributed by atoms with Gasteiger partial charge in [-0.2, -0.15) is 5.10 Å². The fraction of sp³-hybridized carbons (Fsp3) is 0.348. The molecular formula is C23H24N4O2. The van der Waals surface area contributed by atoms with Crippen molar-refractivity contribution in [2.75, 3.05) is 0 Å². The predicted molar refractivity (Wildman–Crippen MR) is 113 cm³/mol. The Balaban J connectivity index is 1.65. The third-order valence-corrected chi connectivity index (χ3v) is 6.38. The first-order valence-electron chi connectivity index (χ1n) is 10.1. The van der Waals surface area contributed by atoms with Crippen LogP contribution in [0, 0.1) is 5.92 Å². The second kappa shape index (κ2) is 6.72. The lowest BCUT2D eigenvalue weighted by Crippen LogP contribution is -2.20. The largest absolute Gasteiger partial charge is 0.481 e. The molecule has 0 atom stereocenters. The number of benzene rings is 1. The molecule has 0 saturated heterocycles. The average molecular weight is 388 g/mol. The Kier molecular flexibility index (Phi) is 4.15. The summed E-state index contributed by atoms with van der Waals surface area (Å²) in [5.74, 6) is -0.480. The first kappa shape index (κ1) is 17.9. The van der Waals surface area contributed by atoms with Gasteiger partial charge in [0.05, 0.1) is 12.1 Å². The molecule has 0 bridgehead atoms. The summed E-state index contributed by atoms with van der Waals surface area (Å²) in [7, 11) is 3.97. The van der Waals surface area contributed by atoms with Crippen LogP contribution in [-0.2, 0) is 18.9 Å². The molecule has 0 radical (unpaired) electrons. The van der Waals surface area contributed by atoms with Crippen LogP contribution in [0.2, 0.25) is 0 Å². The smallest absolute Gasteiger partial charge is 0.306 e. The molecule has 0 unspecified atom stereocenters. The summed E-state index contributed by atoms with van der Waals surface area (Å²) in [5, 5.41) is 17.2. The molecule has 1 fully saturated rings. The van der Waals surface area contributed by atoms with Crippen molar-refractivity contribution in [3.8, 4) is 11.1 Å². The first-order valence-corrected chi connectivity index (χ1v) is 10.1. The summed E-state index contributed by atoms with van der Waals surface area (Å²) < 4.78 is 3.92. The Morgan fingerprint density at radius 1 is 1.07 bits per heavy atom. The number of rotatable bonds is 3. The van der Waals surface area contributed by atoms with Gasteiger partial charge in [0, 0.05) is 49.0 Å². The van der Waals surface area contributed by atoms with Gasteiger partial charge in [-0.1, -0.05) is 12.1 Å². The number of carbonyl (C=O) groups is 1. The van der Waals surface area contributed by atoms with E-state index < -0.39 is 5.97 Å². The lowest BCUT2D eigenvalue weighted by atomic mass is 9.78. The Morgan fingerprint density at radius 3 is 2.55 bits per heavy atom. The molecule has 1 saturated carbocycles. The number of aromatic nitrogens is 4. The molecule has 1 N–H and O–H groups in total. The van der Waals surface area contributed by atoms with E-state index in [1.54, 1.807) is 0 Å². The zero-order chi connectivity index (χ0) is 20.1. The molecule has 3 heterocycles. The summed E-state index contributed by atoms with van der Waals surface area (Å²) in [6.07, 6.45) is 11.4. The number of hydrogen-bond donors (Lipinski definition) is 1. The van der Waals surface area contributed by atoms with Gasteiger partial charge in [-0.05, 0) is 54.2 Å². The highest BCUT2D eigenvalue weighted by Gasteiger charge is 2.29. The molecule has 5 rings (SSSR count). The van der Waals surface area contributed by atoms with Crippen LogP contribution < -0.4 is 0 Å². The maximum Gasteiger partial charge on any atom is 0.306 e. The van der Waals surface area contributed by atoms with E-state index in [-0.39, 0.29) is 5.92 Å². The maximum absolute atomic E-state index is 11.3. The van der Waals surface area contributed by atoms with E-state index in [9.17, 15) is 9.90 Å². The van der Waals surface area contributed by atoms with Crippen LogP contribution in [0.5, 0.6) is 0 Å². The summed E-state index contributed by atoms with van der Waals surface area (Å²) >= 11 is 0. The van der Waals surface area contributed by atoms with Crippen molar-refractivity contribution in [3.63, 3.8) is 0 Å². The van der Waals surface area contributed by atoms with Crippen LogP contribution in [0.25, 0.3) is 32.9 Å². The van der Waals surface area contributed by atoms with E-state index in [4.69, 9.17) is 4.98 Å². The van der Waals surface area contributed by atoms with E-state index >= 15 is 0 Å². The van der Waals surface area contributed by atoms with Crippen molar-refractivity contribution >= 4 is 27.8 Å². The molecule has 4 aromatic rings. The van der Waals surface area contributed by atoms with Crippen molar-refractivity contribution in [2.24, 2.45) is 20.0 Å². The highest BCUT2D eigenvalue weighted by atomic mass is 16.4. The number of fused-ring (bicyclic) bond motifs is 3. The van der Waals surface area contributed by atoms with E-state index in [1.807, 2.05) is 37.4 Å². The van der Waals surface area contributed by atoms with Gasteiger partial charge in [0.1, 0.15) is 5.65 Å². The lowest BCUT2D eigenvalue weighted by molar-refractivity contribution is -0.142. The molecule has 148 valence electrons. The van der Waals surface area contributed by atoms with E-state index in [0.717, 1.165) is 47.8 Å². The zero-order valence-electron chi connectivity index (χ0n) is 16.7. The van der Waals surface area contributed by atoms with Gasteiger partial charge in [0.25, 0.3) is 0 Å². The number of aryl methyl sites for hydroxylation is 2. The van der Waals surface area contributed by atoms with Crippen molar-refractivity contribution in [2.45, 2.75) is 31.6 Å². The van der Waals surface area contributed by atoms with Crippen molar-refractivity contribution in [3.05, 3.63) is 48.5 Å². The Bertz CT molecular complexity index is 1230. The summed E-state index contributed by atoms with van der Waals surface area (Å²) in [5.41, 5.74) is 4.52. The van der Waals surface area contributed by atoms with E-state index in [0.29, 0.717) is 5.92 Å². The number of carboxylic acid groups (broad SMARTS) is 1. The molecular weight excluding hydrogens is 364 g/mol. The van der Waals surface area contributed by atoms with Crippen molar-refractivity contribution < 1.29 is 9.90 Å². The maximum atomic E-state index is 11.3. The highest BCUT2D eigenvalue weighted by Crippen LogP contribution is 2.41. The SMILES string of the molecule is Cn1cc(-c2ccc3cnc4c(c(C5CCC(C(=O)O)CC5)cn4C)c3c2)cn1. The van der Waals surface area contributed by atoms with Gasteiger partial charge in [-0.15, -0.1) is 0 Å². The van der Waals surface area contributed by atoms with Gasteiger partial charge in [0.2, 0.25) is 0 Å². The molecule has 6 heteroatoms. The van der Waals surface area contributed by atoms with Crippen molar-refractivity contribution in [1.82, 2.24) is 19.3 Å². The fourth-order valence-electron chi connectivity index (χ4n) is 4.80. The number of aliphatic carboxylic acids is 1. The molecule has 1 aliphatic carbocycles. The number of carboxylic acids is 1. The minimum Gasteiger partial charge on any atom is -0.481 e. The van der Waals surface area contributed by atoms with Crippen LogP contribution >= 0.6 is 0 Å². The van der Waals surface area contributed by atoms with Crippen LogP contribution in [0.15, 0.2) is 43.0 Å². The number of hydrogen-bond acceptors (Lipinski definition) is 3. The van der Waals surface area contributed by atoms with Crippen LogP contribution in [0.4, 0.5) is 0 Å². The minimum atomic E-state index is -0.658. The predicted octanol–water partition coefficient (Wildman–Crippen LogP) is 4.49. The van der Waals surface area contributed by atoms with E-state index in [1.165, 1.54) is 16.3 Å². The Hall–Kier alpha value is -3.15. The summed E-state index contributed by atoms with van der Waals surface area (Å²) in [4.78, 5) is 16.1. The average Bonchev–Trinajstić information content (AvgIpc) is 3.31. The third kappa shape index (κ3) is 2.99. The lowest BCUT2D eigenvalue weighted by Gasteiger charge is -2.26. The van der Waals surface area contributed by atoms with Gasteiger partial charge in [-0.25, -0.2) is 4.98 Å². The van der Waals surface area contributed by atoms with Gasteiger partial charge >= 0.3 is 5.97 Å². The topological polar surface area (TPSA) is 72.9 Å². The molecule has 29 heavy (non-hydrogen) atoms. The molecule has 0 spiro atoms. The molecule has 1 aliphatic rings. The van der Waals surface area contributed by atoms with Gasteiger partial charge in [-0.3, -0.25) is 9.48 Å². The number of pyridine rings is 1. The van der Waals surface area contributed by atoms with Crippen LogP contribution in [0.3, 0.4) is 0 Å². The second-order valence-electron chi connectivity index (χ2n) is 8.24. The Labute approximate surface area is 168 Å². The zero-order valence-corrected chi connectivity index (χ0v) is 16.7. The molecule has 0 amide bonds. The Morgan fingerprint density at radius 2 is 1.86 bits per heavy atom. The normalized spacial score (nSPS) is 19.8. The van der Waals surface area contributed by atoms with Crippen LogP contribution in [-0.4, -0.2) is 30.4 Å². The second-order valence-corrected chi connectivity index (χ2v) is 8.24. The van der Waals surface area contributed by atoms with Crippen molar-refractivity contribution in [1.29, 1.82) is 0 Å². The van der Waals surface area contributed by atoms with E-state index in [2.05, 4.69) is 34.1 Å². The third-order valence-electron chi connectivity index (χ3n) is 6.38.